The van der Waals surface area contributed by atoms with E-state index in [4.69, 9.17) is 4.74 Å². The van der Waals surface area contributed by atoms with Gasteiger partial charge in [-0.2, -0.15) is 0 Å². The zero-order valence-electron chi connectivity index (χ0n) is 18.5. The summed E-state index contributed by atoms with van der Waals surface area (Å²) in [5.41, 5.74) is 4.73. The second kappa shape index (κ2) is 10.5. The summed E-state index contributed by atoms with van der Waals surface area (Å²) in [5.74, 6) is 0.689. The number of ether oxygens (including phenoxy) is 1. The van der Waals surface area contributed by atoms with E-state index in [-0.39, 0.29) is 5.91 Å². The molecule has 0 aliphatic rings. The van der Waals surface area contributed by atoms with E-state index in [1.54, 1.807) is 7.11 Å². The number of anilines is 3. The molecule has 3 aromatic carbocycles. The summed E-state index contributed by atoms with van der Waals surface area (Å²) in [6.07, 6.45) is 0. The molecule has 0 aliphatic heterocycles. The third kappa shape index (κ3) is 5.91. The summed E-state index contributed by atoms with van der Waals surface area (Å²) in [5, 5.41) is 15.1. The molecular formula is C25H24N4O2S2. The lowest BCUT2D eigenvalue weighted by molar-refractivity contribution is -0.115. The van der Waals surface area contributed by atoms with Crippen LogP contribution in [0.15, 0.2) is 77.1 Å². The molecular weight excluding hydrogens is 452 g/mol. The van der Waals surface area contributed by atoms with Crippen LogP contribution < -0.4 is 15.4 Å². The Labute approximate surface area is 201 Å². The van der Waals surface area contributed by atoms with Crippen LogP contribution in [0.1, 0.15) is 21.9 Å². The predicted molar refractivity (Wildman–Crippen MR) is 136 cm³/mol. The van der Waals surface area contributed by atoms with Gasteiger partial charge >= 0.3 is 0 Å². The van der Waals surface area contributed by atoms with Crippen LogP contribution in [0.4, 0.5) is 16.5 Å². The maximum atomic E-state index is 13.3. The highest BCUT2D eigenvalue weighted by Crippen LogP contribution is 2.39. The first kappa shape index (κ1) is 22.8. The molecule has 0 unspecified atom stereocenters. The molecule has 4 aromatic rings. The number of benzene rings is 3. The van der Waals surface area contributed by atoms with Crippen LogP contribution in [0.25, 0.3) is 0 Å². The fourth-order valence-electron chi connectivity index (χ4n) is 3.18. The van der Waals surface area contributed by atoms with Crippen LogP contribution in [-0.2, 0) is 4.79 Å². The molecule has 0 saturated heterocycles. The van der Waals surface area contributed by atoms with Gasteiger partial charge in [-0.1, -0.05) is 65.6 Å². The molecule has 4 rings (SSSR count). The first-order valence-electron chi connectivity index (χ1n) is 10.4. The Morgan fingerprint density at radius 3 is 2.48 bits per heavy atom. The molecule has 0 spiro atoms. The number of hydrogen-bond acceptors (Lipinski definition) is 7. The van der Waals surface area contributed by atoms with Crippen molar-refractivity contribution in [3.8, 4) is 5.75 Å². The fraction of sp³-hybridized carbons (Fsp3) is 0.160. The lowest BCUT2D eigenvalue weighted by Crippen LogP contribution is -2.19. The van der Waals surface area contributed by atoms with Gasteiger partial charge in [-0.3, -0.25) is 4.79 Å². The zero-order valence-corrected chi connectivity index (χ0v) is 20.2. The number of carbonyl (C=O) groups is 1. The summed E-state index contributed by atoms with van der Waals surface area (Å²) in [6, 6.07) is 23.3. The Balaban J connectivity index is 1.52. The summed E-state index contributed by atoms with van der Waals surface area (Å²) in [4.78, 5) is 13.3. The minimum Gasteiger partial charge on any atom is -0.497 e. The molecule has 0 saturated carbocycles. The molecule has 2 N–H and O–H groups in total. The quantitative estimate of drug-likeness (QED) is 0.287. The van der Waals surface area contributed by atoms with E-state index in [0.29, 0.717) is 9.47 Å². The van der Waals surface area contributed by atoms with Crippen molar-refractivity contribution in [2.75, 3.05) is 17.7 Å². The molecule has 0 fully saturated rings. The molecule has 0 bridgehead atoms. The predicted octanol–water partition coefficient (Wildman–Crippen LogP) is 6.38. The maximum absolute atomic E-state index is 13.3. The van der Waals surface area contributed by atoms with Crippen LogP contribution in [0.5, 0.6) is 5.75 Å². The zero-order chi connectivity index (χ0) is 23.2. The summed E-state index contributed by atoms with van der Waals surface area (Å²) >= 11 is 2.80. The number of thioether (sulfide) groups is 1. The van der Waals surface area contributed by atoms with E-state index in [0.717, 1.165) is 33.8 Å². The SMILES string of the molecule is COc1ccc(Nc2nnc(S[C@@H](C(=O)Nc3cc(C)ccc3C)c3ccccc3)s2)cc1. The Hall–Kier alpha value is -3.36. The third-order valence-corrected chi connectivity index (χ3v) is 7.14. The number of nitrogens with one attached hydrogen (secondary N) is 2. The second-order valence-corrected chi connectivity index (χ2v) is 9.77. The number of aryl methyl sites for hydroxylation is 2. The van der Waals surface area contributed by atoms with Crippen molar-refractivity contribution in [2.24, 2.45) is 0 Å². The molecule has 0 aliphatic carbocycles. The summed E-state index contributed by atoms with van der Waals surface area (Å²) in [7, 11) is 1.64. The van der Waals surface area contributed by atoms with Crippen molar-refractivity contribution in [3.05, 3.63) is 89.5 Å². The number of hydrogen-bond donors (Lipinski definition) is 2. The first-order valence-corrected chi connectivity index (χ1v) is 12.1. The third-order valence-electron chi connectivity index (χ3n) is 4.96. The first-order chi connectivity index (χ1) is 16.0. The smallest absolute Gasteiger partial charge is 0.242 e. The average molecular weight is 477 g/mol. The van der Waals surface area contributed by atoms with Gasteiger partial charge in [0, 0.05) is 11.4 Å². The number of nitrogens with zero attached hydrogens (tertiary/aromatic N) is 2. The second-order valence-electron chi connectivity index (χ2n) is 7.44. The molecule has 1 atom stereocenters. The van der Waals surface area contributed by atoms with Gasteiger partial charge in [0.05, 0.1) is 7.11 Å². The molecule has 0 radical (unpaired) electrons. The number of carbonyl (C=O) groups excluding carboxylic acids is 1. The molecule has 168 valence electrons. The maximum Gasteiger partial charge on any atom is 0.242 e. The van der Waals surface area contributed by atoms with Gasteiger partial charge in [-0.25, -0.2) is 0 Å². The topological polar surface area (TPSA) is 76.1 Å². The van der Waals surface area contributed by atoms with Crippen molar-refractivity contribution >= 4 is 45.5 Å². The van der Waals surface area contributed by atoms with Crippen LogP contribution in [-0.4, -0.2) is 23.2 Å². The van der Waals surface area contributed by atoms with E-state index < -0.39 is 5.25 Å². The van der Waals surface area contributed by atoms with Gasteiger partial charge in [0.15, 0.2) is 4.34 Å². The number of methoxy groups -OCH3 is 1. The largest absolute Gasteiger partial charge is 0.497 e. The Morgan fingerprint density at radius 2 is 1.76 bits per heavy atom. The summed E-state index contributed by atoms with van der Waals surface area (Å²) in [6.45, 7) is 4.00. The van der Waals surface area contributed by atoms with Gasteiger partial charge < -0.3 is 15.4 Å². The normalized spacial score (nSPS) is 11.6. The molecule has 1 heterocycles. The van der Waals surface area contributed by atoms with E-state index in [9.17, 15) is 4.79 Å². The molecule has 8 heteroatoms. The van der Waals surface area contributed by atoms with Crippen molar-refractivity contribution in [2.45, 2.75) is 23.4 Å². The van der Waals surface area contributed by atoms with Gasteiger partial charge in [-0.05, 0) is 60.9 Å². The Morgan fingerprint density at radius 1 is 1.00 bits per heavy atom. The molecule has 6 nitrogen and oxygen atoms in total. The van der Waals surface area contributed by atoms with E-state index in [1.165, 1.54) is 23.1 Å². The summed E-state index contributed by atoms with van der Waals surface area (Å²) < 4.78 is 5.90. The van der Waals surface area contributed by atoms with Crippen LogP contribution in [0.3, 0.4) is 0 Å². The van der Waals surface area contributed by atoms with Crippen LogP contribution in [0.2, 0.25) is 0 Å². The lowest BCUT2D eigenvalue weighted by Gasteiger charge is -2.17. The molecule has 1 aromatic heterocycles. The standard InChI is InChI=1S/C25H24N4O2S2/c1-16-9-10-17(2)21(15-16)27-23(30)22(18-7-5-4-6-8-18)32-25-29-28-24(33-25)26-19-11-13-20(31-3)14-12-19/h4-15,22H,1-3H3,(H,26,28)(H,27,30)/t22-/m1/s1. The highest BCUT2D eigenvalue weighted by atomic mass is 32.2. The lowest BCUT2D eigenvalue weighted by atomic mass is 10.1. The minimum atomic E-state index is -0.465. The number of rotatable bonds is 8. The average Bonchev–Trinajstić information content (AvgIpc) is 3.27. The highest BCUT2D eigenvalue weighted by molar-refractivity contribution is 8.02. The van der Waals surface area contributed by atoms with Crippen LogP contribution in [0, 0.1) is 13.8 Å². The van der Waals surface area contributed by atoms with Crippen molar-refractivity contribution in [1.29, 1.82) is 0 Å². The number of amides is 1. The van der Waals surface area contributed by atoms with Crippen molar-refractivity contribution in [3.63, 3.8) is 0 Å². The monoisotopic (exact) mass is 476 g/mol. The van der Waals surface area contributed by atoms with E-state index in [2.05, 4.69) is 20.8 Å². The highest BCUT2D eigenvalue weighted by Gasteiger charge is 2.24. The Kier molecular flexibility index (Phi) is 7.26. The van der Waals surface area contributed by atoms with Crippen molar-refractivity contribution in [1.82, 2.24) is 10.2 Å². The van der Waals surface area contributed by atoms with Gasteiger partial charge in [0.2, 0.25) is 11.0 Å². The van der Waals surface area contributed by atoms with E-state index >= 15 is 0 Å². The van der Waals surface area contributed by atoms with Crippen molar-refractivity contribution < 1.29 is 9.53 Å². The minimum absolute atomic E-state index is 0.0974. The van der Waals surface area contributed by atoms with Gasteiger partial charge in [0.1, 0.15) is 11.0 Å². The fourth-order valence-corrected chi connectivity index (χ4v) is 5.14. The number of aromatic nitrogens is 2. The Bertz CT molecular complexity index is 1230. The van der Waals surface area contributed by atoms with Crippen LogP contribution >= 0.6 is 23.1 Å². The van der Waals surface area contributed by atoms with Gasteiger partial charge in [-0.15, -0.1) is 10.2 Å². The van der Waals surface area contributed by atoms with E-state index in [1.807, 2.05) is 86.6 Å². The molecule has 1 amide bonds. The van der Waals surface area contributed by atoms with Gasteiger partial charge in [0.25, 0.3) is 0 Å². The molecule has 33 heavy (non-hydrogen) atoms.